The second-order valence-electron chi connectivity index (χ2n) is 8.47. The SMILES string of the molecule is CNC(c1ccc(F)cc1-c1cccc2cc(-c3nc(N(C)CCN=C/C=N\N)ncc3F)sc12)C(F)(F)F. The van der Waals surface area contributed by atoms with Crippen molar-refractivity contribution in [1.29, 1.82) is 0 Å². The van der Waals surface area contributed by atoms with Crippen molar-refractivity contribution >= 4 is 39.8 Å². The Hall–Kier alpha value is -3.97. The monoisotopic (exact) mass is 561 g/mol. The van der Waals surface area contributed by atoms with Gasteiger partial charge in [0, 0.05) is 24.5 Å². The molecule has 39 heavy (non-hydrogen) atoms. The molecule has 204 valence electrons. The highest BCUT2D eigenvalue weighted by atomic mass is 32.1. The van der Waals surface area contributed by atoms with Crippen molar-refractivity contribution in [2.24, 2.45) is 15.9 Å². The molecular weight excluding hydrogens is 537 g/mol. The second-order valence-corrected chi connectivity index (χ2v) is 9.52. The number of alkyl halides is 3. The van der Waals surface area contributed by atoms with Gasteiger partial charge in [-0.15, -0.1) is 11.3 Å². The molecule has 0 fully saturated rings. The third-order valence-corrected chi connectivity index (χ3v) is 7.10. The molecule has 4 aromatic rings. The molecule has 2 heterocycles. The molecule has 0 saturated carbocycles. The van der Waals surface area contributed by atoms with Gasteiger partial charge in [0.25, 0.3) is 0 Å². The Morgan fingerprint density at radius 3 is 2.64 bits per heavy atom. The number of nitrogens with two attached hydrogens (primary N) is 1. The van der Waals surface area contributed by atoms with Gasteiger partial charge in [0.2, 0.25) is 5.95 Å². The average molecular weight is 562 g/mol. The lowest BCUT2D eigenvalue weighted by Crippen LogP contribution is -2.32. The number of aromatic nitrogens is 2. The number of likely N-dealkylation sites (N-methyl/N-ethyl adjacent to an activating group) is 1. The molecule has 0 aliphatic carbocycles. The van der Waals surface area contributed by atoms with E-state index in [1.54, 1.807) is 36.2 Å². The number of anilines is 1. The Kier molecular flexibility index (Phi) is 8.51. The molecule has 0 amide bonds. The van der Waals surface area contributed by atoms with Crippen LogP contribution in [0.5, 0.6) is 0 Å². The van der Waals surface area contributed by atoms with Gasteiger partial charge in [-0.1, -0.05) is 24.3 Å². The molecule has 0 spiro atoms. The topological polar surface area (TPSA) is 91.8 Å². The predicted molar refractivity (Wildman–Crippen MR) is 145 cm³/mol. The summed E-state index contributed by atoms with van der Waals surface area (Å²) in [5, 5.41) is 6.25. The number of hydrogen-bond donors (Lipinski definition) is 2. The first-order chi connectivity index (χ1) is 18.6. The van der Waals surface area contributed by atoms with Gasteiger partial charge in [0.15, 0.2) is 5.82 Å². The van der Waals surface area contributed by atoms with Crippen LogP contribution in [0.15, 0.2) is 58.8 Å². The Morgan fingerprint density at radius 1 is 1.13 bits per heavy atom. The Morgan fingerprint density at radius 2 is 1.92 bits per heavy atom. The van der Waals surface area contributed by atoms with Gasteiger partial charge < -0.3 is 16.1 Å². The molecule has 0 saturated heterocycles. The number of benzene rings is 2. The number of aliphatic imine (C=N–C) groups is 1. The molecule has 1 atom stereocenters. The van der Waals surface area contributed by atoms with E-state index in [2.05, 4.69) is 25.4 Å². The van der Waals surface area contributed by atoms with E-state index in [9.17, 15) is 22.0 Å². The molecule has 3 N–H and O–H groups in total. The lowest BCUT2D eigenvalue weighted by molar-refractivity contribution is -0.156. The summed E-state index contributed by atoms with van der Waals surface area (Å²) < 4.78 is 71.1. The normalized spacial score (nSPS) is 13.1. The highest BCUT2D eigenvalue weighted by Gasteiger charge is 2.41. The van der Waals surface area contributed by atoms with E-state index >= 15 is 0 Å². The summed E-state index contributed by atoms with van der Waals surface area (Å²) in [5.41, 5.74) is 0.412. The summed E-state index contributed by atoms with van der Waals surface area (Å²) in [6, 6.07) is 7.95. The smallest absolute Gasteiger partial charge is 0.342 e. The van der Waals surface area contributed by atoms with Crippen LogP contribution in [0, 0.1) is 11.6 Å². The highest BCUT2D eigenvalue weighted by Crippen LogP contribution is 2.43. The minimum Gasteiger partial charge on any atom is -0.342 e. The maximum atomic E-state index is 14.9. The number of rotatable bonds is 9. The minimum atomic E-state index is -4.61. The highest BCUT2D eigenvalue weighted by molar-refractivity contribution is 7.22. The second kappa shape index (κ2) is 11.8. The molecular formula is C26H24F5N7S. The molecule has 0 aliphatic rings. The number of fused-ring (bicyclic) bond motifs is 1. The summed E-state index contributed by atoms with van der Waals surface area (Å²) in [5.74, 6) is 3.95. The zero-order chi connectivity index (χ0) is 28.2. The fraction of sp³-hybridized carbons (Fsp3) is 0.231. The molecule has 0 radical (unpaired) electrons. The van der Waals surface area contributed by atoms with Crippen LogP contribution in [0.2, 0.25) is 0 Å². The maximum Gasteiger partial charge on any atom is 0.407 e. The summed E-state index contributed by atoms with van der Waals surface area (Å²) in [6.07, 6.45) is -0.741. The molecule has 13 heteroatoms. The average Bonchev–Trinajstić information content (AvgIpc) is 3.33. The fourth-order valence-corrected chi connectivity index (χ4v) is 5.26. The molecule has 4 rings (SSSR count). The van der Waals surface area contributed by atoms with Gasteiger partial charge >= 0.3 is 6.18 Å². The largest absolute Gasteiger partial charge is 0.407 e. The third-order valence-electron chi connectivity index (χ3n) is 5.91. The summed E-state index contributed by atoms with van der Waals surface area (Å²) >= 11 is 1.15. The minimum absolute atomic E-state index is 0.0422. The van der Waals surface area contributed by atoms with Gasteiger partial charge in [0.1, 0.15) is 17.6 Å². The number of nitrogens with one attached hydrogen (secondary N) is 1. The summed E-state index contributed by atoms with van der Waals surface area (Å²) in [7, 11) is 2.93. The lowest BCUT2D eigenvalue weighted by Gasteiger charge is -2.23. The van der Waals surface area contributed by atoms with E-state index in [0.29, 0.717) is 33.6 Å². The predicted octanol–water partition coefficient (Wildman–Crippen LogP) is 5.58. The van der Waals surface area contributed by atoms with Crippen molar-refractivity contribution in [2.75, 3.05) is 32.1 Å². The van der Waals surface area contributed by atoms with Crippen molar-refractivity contribution < 1.29 is 22.0 Å². The van der Waals surface area contributed by atoms with Gasteiger partial charge in [-0.05, 0) is 47.3 Å². The third kappa shape index (κ3) is 6.20. The van der Waals surface area contributed by atoms with Crippen molar-refractivity contribution in [3.05, 3.63) is 65.9 Å². The fourth-order valence-electron chi connectivity index (χ4n) is 4.08. The first-order valence-corrected chi connectivity index (χ1v) is 12.5. The first-order valence-electron chi connectivity index (χ1n) is 11.7. The molecule has 2 aromatic carbocycles. The molecule has 0 aliphatic heterocycles. The van der Waals surface area contributed by atoms with Crippen molar-refractivity contribution in [2.45, 2.75) is 12.2 Å². The quantitative estimate of drug-likeness (QED) is 0.121. The number of hydrazone groups is 1. The number of nitrogens with zero attached hydrogens (tertiary/aromatic N) is 5. The number of hydrogen-bond acceptors (Lipinski definition) is 8. The standard InChI is InChI=1S/C26H24F5N7S/c1-33-24(26(29,30)31)18-7-6-16(27)13-19(18)17-5-3-4-15-12-21(39-23(15)17)22-20(28)14-35-25(37-22)38(2)11-10-34-8-9-36-32/h3-9,12-14,24,33H,10-11,32H2,1-2H3/b34-8?,36-9-. The van der Waals surface area contributed by atoms with Crippen LogP contribution in [0.4, 0.5) is 27.9 Å². The Balaban J connectivity index is 1.76. The molecule has 2 aromatic heterocycles. The van der Waals surface area contributed by atoms with E-state index in [4.69, 9.17) is 5.84 Å². The number of thiophene rings is 1. The van der Waals surface area contributed by atoms with Crippen LogP contribution in [-0.4, -0.2) is 55.8 Å². The number of halogens is 5. The zero-order valence-electron chi connectivity index (χ0n) is 20.9. The van der Waals surface area contributed by atoms with Crippen LogP contribution in [0.25, 0.3) is 31.8 Å². The van der Waals surface area contributed by atoms with E-state index in [-0.39, 0.29) is 22.8 Å². The van der Waals surface area contributed by atoms with E-state index < -0.39 is 23.9 Å². The van der Waals surface area contributed by atoms with Gasteiger partial charge in [-0.2, -0.15) is 18.3 Å². The van der Waals surface area contributed by atoms with Crippen LogP contribution < -0.4 is 16.1 Å². The van der Waals surface area contributed by atoms with E-state index in [1.165, 1.54) is 19.5 Å². The summed E-state index contributed by atoms with van der Waals surface area (Å²) in [6.45, 7) is 0.830. The van der Waals surface area contributed by atoms with E-state index in [1.807, 2.05) is 0 Å². The Labute approximate surface area is 224 Å². The first kappa shape index (κ1) is 28.0. The zero-order valence-corrected chi connectivity index (χ0v) is 21.7. The van der Waals surface area contributed by atoms with Crippen LogP contribution in [-0.2, 0) is 0 Å². The maximum absolute atomic E-state index is 14.9. The van der Waals surface area contributed by atoms with Crippen molar-refractivity contribution in [1.82, 2.24) is 15.3 Å². The van der Waals surface area contributed by atoms with Gasteiger partial charge in [-0.25, -0.2) is 18.7 Å². The molecule has 7 nitrogen and oxygen atoms in total. The Bertz CT molecular complexity index is 1520. The summed E-state index contributed by atoms with van der Waals surface area (Å²) in [4.78, 5) is 14.7. The van der Waals surface area contributed by atoms with E-state index in [0.717, 1.165) is 35.7 Å². The molecule has 1 unspecified atom stereocenters. The van der Waals surface area contributed by atoms with Gasteiger partial charge in [0.05, 0.1) is 23.8 Å². The van der Waals surface area contributed by atoms with Gasteiger partial charge in [-0.3, -0.25) is 4.99 Å². The lowest BCUT2D eigenvalue weighted by atomic mass is 9.93. The van der Waals surface area contributed by atoms with Crippen LogP contribution in [0.3, 0.4) is 0 Å². The molecule has 0 bridgehead atoms. The van der Waals surface area contributed by atoms with Crippen LogP contribution in [0.1, 0.15) is 11.6 Å². The van der Waals surface area contributed by atoms with Crippen LogP contribution >= 0.6 is 11.3 Å². The van der Waals surface area contributed by atoms with Crippen molar-refractivity contribution in [3.8, 4) is 21.7 Å². The van der Waals surface area contributed by atoms with Crippen molar-refractivity contribution in [3.63, 3.8) is 0 Å².